The van der Waals surface area contributed by atoms with Crippen LogP contribution >= 0.6 is 0 Å². The highest BCUT2D eigenvalue weighted by Crippen LogP contribution is 2.51. The summed E-state index contributed by atoms with van der Waals surface area (Å²) < 4.78 is 6.62. The Kier molecular flexibility index (Phi) is 9.18. The van der Waals surface area contributed by atoms with Gasteiger partial charge in [0.1, 0.15) is 16.8 Å². The van der Waals surface area contributed by atoms with E-state index in [1.165, 1.54) is 43.4 Å². The van der Waals surface area contributed by atoms with E-state index in [1.807, 2.05) is 0 Å². The predicted molar refractivity (Wildman–Crippen MR) is 258 cm³/mol. The number of hydrogen-bond acceptors (Lipinski definition) is 4. The minimum absolute atomic E-state index is 0.0268. The van der Waals surface area contributed by atoms with Gasteiger partial charge in [-0.05, 0) is 87.1 Å². The molecule has 0 saturated heterocycles. The number of fused-ring (bicyclic) bond motifs is 6. The zero-order chi connectivity index (χ0) is 41.0. The van der Waals surface area contributed by atoms with Crippen LogP contribution in [0.1, 0.15) is 62.3 Å². The van der Waals surface area contributed by atoms with Crippen molar-refractivity contribution in [3.05, 3.63) is 203 Å². The summed E-state index contributed by atoms with van der Waals surface area (Å²) in [6.45, 7) is 0. The van der Waals surface area contributed by atoms with Crippen molar-refractivity contribution in [2.75, 3.05) is 0 Å². The molecule has 0 bridgehead atoms. The lowest BCUT2D eigenvalue weighted by Crippen LogP contribution is -2.61. The third kappa shape index (κ3) is 6.05. The maximum Gasteiger partial charge on any atom is 0.164 e. The fourth-order valence-corrected chi connectivity index (χ4v) is 17.0. The Morgan fingerprint density at radius 2 is 1.39 bits per heavy atom. The molecule has 301 valence electrons. The quantitative estimate of drug-likeness (QED) is 0.151. The van der Waals surface area contributed by atoms with Crippen LogP contribution in [0.2, 0.25) is 5.54 Å². The van der Waals surface area contributed by atoms with Crippen LogP contribution in [0.15, 0.2) is 185 Å². The first-order chi connectivity index (χ1) is 30.7. The van der Waals surface area contributed by atoms with Crippen LogP contribution < -0.4 is 21.0 Å². The van der Waals surface area contributed by atoms with Crippen molar-refractivity contribution >= 4 is 47.1 Å². The molecular weight excluding hydrogens is 771 g/mol. The third-order valence-electron chi connectivity index (χ3n) is 13.9. The Hall–Kier alpha value is -6.69. The van der Waals surface area contributed by atoms with Crippen molar-refractivity contribution < 1.29 is 4.42 Å². The van der Waals surface area contributed by atoms with Gasteiger partial charge in [-0.3, -0.25) is 0 Å². The van der Waals surface area contributed by atoms with Crippen LogP contribution in [-0.4, -0.2) is 23.0 Å². The molecule has 2 aromatic heterocycles. The molecule has 4 nitrogen and oxygen atoms in total. The average molecular weight is 818 g/mol. The summed E-state index contributed by atoms with van der Waals surface area (Å²) >= 11 is 0. The summed E-state index contributed by atoms with van der Waals surface area (Å²) in [5.41, 5.74) is 10.7. The molecule has 0 spiro atoms. The fraction of sp³-hybridized carbons (Fsp3) is 0.175. The number of benzene rings is 4. The Balaban J connectivity index is 1.15. The number of rotatable bonds is 7. The maximum absolute atomic E-state index is 6.62. The molecule has 0 radical (unpaired) electrons. The van der Waals surface area contributed by atoms with Crippen molar-refractivity contribution in [3.8, 4) is 33.9 Å². The molecule has 4 aromatic carbocycles. The summed E-state index contributed by atoms with van der Waals surface area (Å²) in [5, 5.41) is 6.66. The molecule has 6 aromatic rings. The minimum atomic E-state index is -2.67. The molecule has 62 heavy (non-hydrogen) atoms. The van der Waals surface area contributed by atoms with Crippen molar-refractivity contribution in [2.45, 2.75) is 56.4 Å². The average Bonchev–Trinajstić information content (AvgIpc) is 3.88. The lowest BCUT2D eigenvalue weighted by Gasteiger charge is -2.50. The molecule has 5 heteroatoms. The Labute approximate surface area is 363 Å². The zero-order valence-corrected chi connectivity index (χ0v) is 35.8. The monoisotopic (exact) mass is 817 g/mol. The molecular formula is C57H47N3OSi-. The van der Waals surface area contributed by atoms with Crippen LogP contribution in [0, 0.1) is 5.92 Å². The van der Waals surface area contributed by atoms with E-state index in [9.17, 15) is 0 Å². The van der Waals surface area contributed by atoms with Gasteiger partial charge in [0.15, 0.2) is 11.6 Å². The molecule has 6 aliphatic rings. The molecule has 5 aliphatic carbocycles. The number of furan rings is 1. The van der Waals surface area contributed by atoms with Gasteiger partial charge < -0.3 is 4.42 Å². The molecule has 0 amide bonds. The van der Waals surface area contributed by atoms with Gasteiger partial charge in [0, 0.05) is 33.6 Å². The topological polar surface area (TPSA) is 51.8 Å². The number of nitrogens with zero attached hydrogens (tertiary/aromatic N) is 3. The van der Waals surface area contributed by atoms with Crippen LogP contribution in [0.3, 0.4) is 0 Å². The highest BCUT2D eigenvalue weighted by atomic mass is 28.3. The molecule has 0 N–H and O–H groups in total. The van der Waals surface area contributed by atoms with Gasteiger partial charge in [-0.1, -0.05) is 164 Å². The van der Waals surface area contributed by atoms with Crippen LogP contribution in [0.4, 0.5) is 0 Å². The molecule has 3 heterocycles. The molecule has 4 unspecified atom stereocenters. The largest absolute Gasteiger partial charge is 0.456 e. The summed E-state index contributed by atoms with van der Waals surface area (Å²) in [6.07, 6.45) is 42.0. The van der Waals surface area contributed by atoms with E-state index in [-0.39, 0.29) is 5.92 Å². The van der Waals surface area contributed by atoms with E-state index in [2.05, 4.69) is 182 Å². The van der Waals surface area contributed by atoms with Gasteiger partial charge in [-0.2, -0.15) is 15.6 Å². The van der Waals surface area contributed by atoms with Crippen LogP contribution in [0.25, 0.3) is 62.6 Å². The summed E-state index contributed by atoms with van der Waals surface area (Å²) in [5.74, 6) is 2.54. The van der Waals surface area contributed by atoms with Crippen molar-refractivity contribution in [2.24, 2.45) is 5.92 Å². The molecule has 0 fully saturated rings. The highest BCUT2D eigenvalue weighted by Gasteiger charge is 2.44. The van der Waals surface area contributed by atoms with Crippen molar-refractivity contribution in [3.63, 3.8) is 0 Å². The normalized spacial score (nSPS) is 23.2. The van der Waals surface area contributed by atoms with Crippen LogP contribution in [0.5, 0.6) is 0 Å². The Bertz CT molecular complexity index is 3180. The first-order valence-corrected chi connectivity index (χ1v) is 24.6. The smallest absolute Gasteiger partial charge is 0.164 e. The summed E-state index contributed by atoms with van der Waals surface area (Å²) in [4.78, 5) is 16.6. The van der Waals surface area contributed by atoms with Gasteiger partial charge in [0.25, 0.3) is 0 Å². The van der Waals surface area contributed by atoms with Gasteiger partial charge in [-0.15, -0.1) is 17.7 Å². The SMILES string of the molecule is C1=CCC(c2nc(-c3cc(-c4ccccc4)cc4c3C3=CCCC=C3[Si-]4(c3ccccc3)C3C=CC=CC3)nc(-c3cccc4oc5c(c34)=CC(C3=CCCC=C3)CC=5)n2)C=C1. The lowest BCUT2D eigenvalue weighted by atomic mass is 9.88. The minimum Gasteiger partial charge on any atom is -0.456 e. The fourth-order valence-electron chi connectivity index (χ4n) is 11.1. The van der Waals surface area contributed by atoms with E-state index in [0.29, 0.717) is 17.3 Å². The van der Waals surface area contributed by atoms with E-state index < -0.39 is 8.07 Å². The van der Waals surface area contributed by atoms with Gasteiger partial charge >= 0.3 is 0 Å². The molecule has 4 atom stereocenters. The number of aromatic nitrogens is 3. The van der Waals surface area contributed by atoms with Gasteiger partial charge in [0.05, 0.1) is 0 Å². The first-order valence-electron chi connectivity index (χ1n) is 22.5. The Morgan fingerprint density at radius 1 is 0.597 bits per heavy atom. The van der Waals surface area contributed by atoms with Crippen molar-refractivity contribution in [1.82, 2.24) is 15.0 Å². The first kappa shape index (κ1) is 37.1. The molecule has 1 aliphatic heterocycles. The molecule has 0 saturated carbocycles. The van der Waals surface area contributed by atoms with E-state index in [1.54, 1.807) is 0 Å². The summed E-state index contributed by atoms with van der Waals surface area (Å²) in [6, 6.07) is 33.6. The zero-order valence-electron chi connectivity index (χ0n) is 34.8. The number of hydrogen-bond donors (Lipinski definition) is 0. The highest BCUT2D eigenvalue weighted by molar-refractivity contribution is 7.12. The van der Waals surface area contributed by atoms with E-state index in [0.717, 1.165) is 89.3 Å². The lowest BCUT2D eigenvalue weighted by molar-refractivity contribution is 0.568. The number of allylic oxidation sites excluding steroid dienone is 16. The molecule has 12 rings (SSSR count). The standard InChI is InChI=1S/C57H47N3OSi/c1-6-19-38(20-7-1)41-33-34-49-47(35-41)53-46(30-18-31-50(53)61-49)56-58-55(40-23-10-3-11-24-40)59-57(60-56)48-36-42(39-21-8-2-9-22-39)37-52-54(48)45-29-16-17-32-51(45)62(52,43-25-12-4-13-26-43)44-27-14-5-15-28-44/h2-6,8-15,18-23,25-27,29-32,34-37,40-41,44H,1,7,16-17,24,28,33H2/q-1. The predicted octanol–water partition coefficient (Wildman–Crippen LogP) is 11.2. The Morgan fingerprint density at radius 3 is 2.18 bits per heavy atom. The second kappa shape index (κ2) is 15.3. The van der Waals surface area contributed by atoms with Crippen LogP contribution in [-0.2, 0) is 0 Å². The maximum atomic E-state index is 6.62. The second-order valence-electron chi connectivity index (χ2n) is 17.4. The van der Waals surface area contributed by atoms with E-state index in [4.69, 9.17) is 19.4 Å². The van der Waals surface area contributed by atoms with Crippen molar-refractivity contribution in [1.29, 1.82) is 0 Å². The van der Waals surface area contributed by atoms with E-state index >= 15 is 0 Å². The third-order valence-corrected chi connectivity index (χ3v) is 19.2. The van der Waals surface area contributed by atoms with Gasteiger partial charge in [0.2, 0.25) is 0 Å². The second-order valence-corrected chi connectivity index (χ2v) is 21.4. The van der Waals surface area contributed by atoms with Gasteiger partial charge in [-0.25, -0.2) is 15.0 Å². The summed E-state index contributed by atoms with van der Waals surface area (Å²) in [7, 11) is -2.67.